The van der Waals surface area contributed by atoms with Crippen LogP contribution in [0.5, 0.6) is 0 Å². The highest BCUT2D eigenvalue weighted by Crippen LogP contribution is 2.26. The van der Waals surface area contributed by atoms with Gasteiger partial charge in [-0.3, -0.25) is 4.99 Å². The van der Waals surface area contributed by atoms with Gasteiger partial charge in [0.15, 0.2) is 5.96 Å². The summed E-state index contributed by atoms with van der Waals surface area (Å²) in [6.45, 7) is 7.62. The predicted molar refractivity (Wildman–Crippen MR) is 90.8 cm³/mol. The fourth-order valence-electron chi connectivity index (χ4n) is 2.78. The molecule has 3 heteroatoms. The van der Waals surface area contributed by atoms with Crippen LogP contribution in [0.3, 0.4) is 0 Å². The number of hydrogen-bond donors (Lipinski definition) is 2. The summed E-state index contributed by atoms with van der Waals surface area (Å²) in [6.07, 6.45) is 13.5. The molecule has 120 valence electrons. The molecule has 0 spiro atoms. The lowest BCUT2D eigenvalue weighted by molar-refractivity contribution is 0.301. The van der Waals surface area contributed by atoms with Gasteiger partial charge in [-0.05, 0) is 11.8 Å². The first-order valence-corrected chi connectivity index (χ1v) is 8.67. The van der Waals surface area contributed by atoms with Crippen LogP contribution in [0, 0.1) is 11.8 Å². The molecule has 1 unspecified atom stereocenters. The van der Waals surface area contributed by atoms with E-state index in [1.165, 1.54) is 64.2 Å². The summed E-state index contributed by atoms with van der Waals surface area (Å²) in [5, 5.41) is 0. The van der Waals surface area contributed by atoms with Gasteiger partial charge in [0.05, 0.1) is 0 Å². The molecule has 0 heterocycles. The van der Waals surface area contributed by atoms with Crippen LogP contribution >= 0.6 is 0 Å². The highest BCUT2D eigenvalue weighted by Gasteiger charge is 2.16. The molecule has 0 aromatic carbocycles. The number of rotatable bonds is 13. The van der Waals surface area contributed by atoms with E-state index in [1.54, 1.807) is 0 Å². The van der Waals surface area contributed by atoms with Gasteiger partial charge in [-0.2, -0.15) is 0 Å². The van der Waals surface area contributed by atoms with Gasteiger partial charge in [-0.1, -0.05) is 85.0 Å². The van der Waals surface area contributed by atoms with Crippen molar-refractivity contribution in [3.05, 3.63) is 0 Å². The van der Waals surface area contributed by atoms with E-state index in [-0.39, 0.29) is 5.96 Å². The molecule has 0 saturated carbocycles. The second-order valence-electron chi connectivity index (χ2n) is 6.20. The molecule has 0 aromatic rings. The molecule has 0 bridgehead atoms. The molecule has 4 N–H and O–H groups in total. The van der Waals surface area contributed by atoms with Crippen molar-refractivity contribution in [3.8, 4) is 0 Å². The van der Waals surface area contributed by atoms with Crippen LogP contribution in [0.1, 0.15) is 85.0 Å². The molecule has 0 aliphatic carbocycles. The van der Waals surface area contributed by atoms with Crippen LogP contribution in [0.2, 0.25) is 0 Å². The van der Waals surface area contributed by atoms with Gasteiger partial charge in [-0.25, -0.2) is 0 Å². The van der Waals surface area contributed by atoms with Crippen molar-refractivity contribution >= 4 is 5.96 Å². The molecular weight excluding hydrogens is 246 g/mol. The number of aliphatic imine (C=N–C) groups is 1. The summed E-state index contributed by atoms with van der Waals surface area (Å²) < 4.78 is 0. The van der Waals surface area contributed by atoms with Crippen LogP contribution in [0.4, 0.5) is 0 Å². The van der Waals surface area contributed by atoms with Crippen LogP contribution in [-0.4, -0.2) is 12.5 Å². The molecular formula is C17H37N3. The summed E-state index contributed by atoms with van der Waals surface area (Å²) in [7, 11) is 0. The Morgan fingerprint density at radius 1 is 0.850 bits per heavy atom. The highest BCUT2D eigenvalue weighted by atomic mass is 15.0. The van der Waals surface area contributed by atoms with E-state index in [4.69, 9.17) is 11.5 Å². The first kappa shape index (κ1) is 19.3. The van der Waals surface area contributed by atoms with Crippen molar-refractivity contribution in [2.75, 3.05) is 6.54 Å². The van der Waals surface area contributed by atoms with Crippen LogP contribution in [0.25, 0.3) is 0 Å². The van der Waals surface area contributed by atoms with Crippen molar-refractivity contribution < 1.29 is 0 Å². The maximum absolute atomic E-state index is 5.45. The van der Waals surface area contributed by atoms with Crippen molar-refractivity contribution in [3.63, 3.8) is 0 Å². The fraction of sp³-hybridized carbons (Fsp3) is 0.941. The Balaban J connectivity index is 4.10. The minimum atomic E-state index is 0.229. The molecule has 3 nitrogen and oxygen atoms in total. The van der Waals surface area contributed by atoms with Crippen molar-refractivity contribution in [2.45, 2.75) is 85.0 Å². The molecule has 20 heavy (non-hydrogen) atoms. The molecule has 0 fully saturated rings. The van der Waals surface area contributed by atoms with E-state index >= 15 is 0 Å². The normalized spacial score (nSPS) is 12.6. The number of unbranched alkanes of at least 4 members (excludes halogenated alkanes) is 6. The average molecular weight is 284 g/mol. The van der Waals surface area contributed by atoms with E-state index in [9.17, 15) is 0 Å². The van der Waals surface area contributed by atoms with Gasteiger partial charge in [-0.15, -0.1) is 0 Å². The topological polar surface area (TPSA) is 64.4 Å². The van der Waals surface area contributed by atoms with Crippen LogP contribution < -0.4 is 11.5 Å². The quantitative estimate of drug-likeness (QED) is 0.298. The molecule has 0 aliphatic heterocycles. The van der Waals surface area contributed by atoms with E-state index < -0.39 is 0 Å². The fourth-order valence-corrected chi connectivity index (χ4v) is 2.78. The average Bonchev–Trinajstić information content (AvgIpc) is 2.43. The van der Waals surface area contributed by atoms with E-state index in [1.807, 2.05) is 0 Å². The Labute approximate surface area is 126 Å². The van der Waals surface area contributed by atoms with Gasteiger partial charge in [0.25, 0.3) is 0 Å². The van der Waals surface area contributed by atoms with Crippen molar-refractivity contribution in [1.29, 1.82) is 0 Å². The third-order valence-electron chi connectivity index (χ3n) is 4.22. The molecule has 0 saturated heterocycles. The zero-order valence-electron chi connectivity index (χ0n) is 14.0. The highest BCUT2D eigenvalue weighted by molar-refractivity contribution is 5.75. The van der Waals surface area contributed by atoms with E-state index in [0.717, 1.165) is 12.5 Å². The third-order valence-corrected chi connectivity index (χ3v) is 4.22. The zero-order valence-corrected chi connectivity index (χ0v) is 14.0. The third kappa shape index (κ3) is 11.1. The lowest BCUT2D eigenvalue weighted by atomic mass is 9.84. The van der Waals surface area contributed by atoms with Gasteiger partial charge < -0.3 is 11.5 Å². The molecule has 0 aliphatic rings. The Kier molecular flexibility index (Phi) is 12.8. The second-order valence-corrected chi connectivity index (χ2v) is 6.20. The molecule has 0 aromatic heterocycles. The van der Waals surface area contributed by atoms with Crippen molar-refractivity contribution in [2.24, 2.45) is 28.3 Å². The minimum absolute atomic E-state index is 0.229. The Morgan fingerprint density at radius 2 is 1.35 bits per heavy atom. The first-order valence-electron chi connectivity index (χ1n) is 8.67. The van der Waals surface area contributed by atoms with E-state index in [2.05, 4.69) is 25.8 Å². The Morgan fingerprint density at radius 3 is 1.75 bits per heavy atom. The minimum Gasteiger partial charge on any atom is -0.370 e. The van der Waals surface area contributed by atoms with Crippen molar-refractivity contribution in [1.82, 2.24) is 0 Å². The summed E-state index contributed by atoms with van der Waals surface area (Å²) >= 11 is 0. The molecule has 0 rings (SSSR count). The van der Waals surface area contributed by atoms with Crippen LogP contribution in [0.15, 0.2) is 4.99 Å². The number of hydrogen-bond acceptors (Lipinski definition) is 1. The molecule has 0 amide bonds. The molecule has 0 radical (unpaired) electrons. The summed E-state index contributed by atoms with van der Waals surface area (Å²) in [4.78, 5) is 4.21. The largest absolute Gasteiger partial charge is 0.370 e. The van der Waals surface area contributed by atoms with E-state index in [0.29, 0.717) is 5.92 Å². The second kappa shape index (κ2) is 13.3. The van der Waals surface area contributed by atoms with Gasteiger partial charge >= 0.3 is 0 Å². The van der Waals surface area contributed by atoms with Crippen LogP contribution in [-0.2, 0) is 0 Å². The number of nitrogens with two attached hydrogens (primary N) is 2. The van der Waals surface area contributed by atoms with Gasteiger partial charge in [0.1, 0.15) is 0 Å². The molecule has 1 atom stereocenters. The number of guanidine groups is 1. The summed E-state index contributed by atoms with van der Waals surface area (Å²) in [5.41, 5.74) is 10.9. The van der Waals surface area contributed by atoms with Gasteiger partial charge in [0, 0.05) is 6.54 Å². The predicted octanol–water partition coefficient (Wildman–Crippen LogP) is 4.45. The smallest absolute Gasteiger partial charge is 0.185 e. The Bertz CT molecular complexity index is 222. The Hall–Kier alpha value is -0.730. The summed E-state index contributed by atoms with van der Waals surface area (Å²) in [5.74, 6) is 1.61. The summed E-state index contributed by atoms with van der Waals surface area (Å²) in [6, 6.07) is 0. The number of nitrogens with zero attached hydrogens (tertiary/aromatic N) is 1. The lowest BCUT2D eigenvalue weighted by Gasteiger charge is -2.23. The zero-order chi connectivity index (χ0) is 15.2. The standard InChI is InChI=1S/C17H37N3/c1-4-6-8-10-12-16(13-11-9-7-5-2)15(3)14-20-17(18)19/h15-16H,4-14H2,1-3H3,(H4,18,19,20). The maximum Gasteiger partial charge on any atom is 0.185 e. The monoisotopic (exact) mass is 283 g/mol. The van der Waals surface area contributed by atoms with Gasteiger partial charge in [0.2, 0.25) is 0 Å². The lowest BCUT2D eigenvalue weighted by Crippen LogP contribution is -2.25. The first-order chi connectivity index (χ1) is 9.61. The maximum atomic E-state index is 5.45. The SMILES string of the molecule is CCCCCCC(CCCCCC)C(C)CN=C(N)N.